The normalized spacial score (nSPS) is 13.4. The fraction of sp³-hybridized carbons (Fsp3) is 0.0588. The minimum atomic E-state index is -0.610. The van der Waals surface area contributed by atoms with Gasteiger partial charge >= 0.3 is 0 Å². The Labute approximate surface area is 310 Å². The van der Waals surface area contributed by atoms with Crippen molar-refractivity contribution in [1.82, 2.24) is 0 Å². The fourth-order valence-electron chi connectivity index (χ4n) is 8.72. The third-order valence-corrected chi connectivity index (χ3v) is 11.1. The Morgan fingerprint density at radius 3 is 1.77 bits per heavy atom. The maximum atomic E-state index is 7.17. The second kappa shape index (κ2) is 12.5. The Balaban J connectivity index is 1.25. The summed E-state index contributed by atoms with van der Waals surface area (Å²) in [6.07, 6.45) is 8.35. The molecule has 1 spiro atoms. The zero-order valence-electron chi connectivity index (χ0n) is 29.4. The first-order valence-corrected chi connectivity index (χ1v) is 18.4. The van der Waals surface area contributed by atoms with Crippen LogP contribution in [0.4, 0.5) is 17.1 Å². The Morgan fingerprint density at radius 2 is 1.08 bits per heavy atom. The third kappa shape index (κ3) is 4.80. The van der Waals surface area contributed by atoms with Gasteiger partial charge in [0.05, 0.1) is 5.41 Å². The van der Waals surface area contributed by atoms with Crippen molar-refractivity contribution >= 4 is 44.7 Å². The summed E-state index contributed by atoms with van der Waals surface area (Å²) in [7, 11) is 0. The van der Waals surface area contributed by atoms with Crippen molar-refractivity contribution in [3.8, 4) is 22.6 Å². The monoisotopic (exact) mass is 679 g/mol. The number of benzene rings is 8. The van der Waals surface area contributed by atoms with Crippen molar-refractivity contribution in [3.05, 3.63) is 216 Å². The van der Waals surface area contributed by atoms with Gasteiger partial charge in [-0.1, -0.05) is 152 Å². The van der Waals surface area contributed by atoms with Gasteiger partial charge in [-0.25, -0.2) is 0 Å². The van der Waals surface area contributed by atoms with Gasteiger partial charge in [0.15, 0.2) is 0 Å². The summed E-state index contributed by atoms with van der Waals surface area (Å²) in [5, 5.41) is 4.57. The van der Waals surface area contributed by atoms with Crippen molar-refractivity contribution in [1.29, 1.82) is 0 Å². The summed E-state index contributed by atoms with van der Waals surface area (Å²) < 4.78 is 7.17. The number of hydrogen-bond acceptors (Lipinski definition) is 2. The zero-order valence-corrected chi connectivity index (χ0v) is 29.4. The van der Waals surface area contributed by atoms with E-state index in [0.29, 0.717) is 0 Å². The highest BCUT2D eigenvalue weighted by atomic mass is 16.5. The molecule has 1 aliphatic heterocycles. The van der Waals surface area contributed by atoms with Crippen LogP contribution in [0.15, 0.2) is 189 Å². The maximum Gasteiger partial charge on any atom is 0.140 e. The molecule has 0 saturated carbocycles. The van der Waals surface area contributed by atoms with Crippen LogP contribution in [0.5, 0.6) is 11.5 Å². The van der Waals surface area contributed by atoms with Crippen LogP contribution in [-0.2, 0) is 5.41 Å². The molecule has 0 fully saturated rings. The summed E-state index contributed by atoms with van der Waals surface area (Å²) in [5.41, 5.74) is 11.3. The quantitative estimate of drug-likeness (QED) is 0.123. The lowest BCUT2D eigenvalue weighted by molar-refractivity contribution is 0.447. The molecule has 2 heteroatoms. The number of rotatable bonds is 7. The molecule has 0 aromatic heterocycles. The van der Waals surface area contributed by atoms with Gasteiger partial charge in [0.2, 0.25) is 0 Å². The molecule has 0 bridgehead atoms. The molecule has 0 atom stereocenters. The number of ether oxygens (including phenoxy) is 1. The number of para-hydroxylation sites is 1. The molecule has 53 heavy (non-hydrogen) atoms. The summed E-state index contributed by atoms with van der Waals surface area (Å²) in [5.74, 6) is 1.85. The molecule has 1 aliphatic carbocycles. The van der Waals surface area contributed by atoms with Crippen LogP contribution in [0.2, 0.25) is 0 Å². The molecule has 1 heterocycles. The van der Waals surface area contributed by atoms with Crippen LogP contribution >= 0.6 is 0 Å². The van der Waals surface area contributed by atoms with E-state index in [2.05, 4.69) is 193 Å². The number of anilines is 3. The van der Waals surface area contributed by atoms with Crippen molar-refractivity contribution in [2.24, 2.45) is 0 Å². The van der Waals surface area contributed by atoms with E-state index in [1.54, 1.807) is 0 Å². The van der Waals surface area contributed by atoms with Crippen LogP contribution in [0.3, 0.4) is 0 Å². The van der Waals surface area contributed by atoms with E-state index in [9.17, 15) is 0 Å². The van der Waals surface area contributed by atoms with E-state index in [4.69, 9.17) is 4.74 Å². The van der Waals surface area contributed by atoms with E-state index in [1.807, 2.05) is 6.08 Å². The van der Waals surface area contributed by atoms with Gasteiger partial charge in [0.25, 0.3) is 0 Å². The van der Waals surface area contributed by atoms with Gasteiger partial charge in [-0.15, -0.1) is 6.58 Å². The van der Waals surface area contributed by atoms with Crippen molar-refractivity contribution in [2.75, 3.05) is 4.90 Å². The lowest BCUT2D eigenvalue weighted by atomic mass is 9.65. The Bertz CT molecular complexity index is 2640. The molecule has 2 aliphatic rings. The van der Waals surface area contributed by atoms with Crippen molar-refractivity contribution < 1.29 is 4.74 Å². The smallest absolute Gasteiger partial charge is 0.140 e. The maximum absolute atomic E-state index is 7.17. The second-order valence-corrected chi connectivity index (χ2v) is 14.0. The van der Waals surface area contributed by atoms with E-state index < -0.39 is 5.41 Å². The first-order chi connectivity index (χ1) is 26.3. The molecule has 252 valence electrons. The van der Waals surface area contributed by atoms with E-state index in [-0.39, 0.29) is 0 Å². The number of hydrogen-bond donors (Lipinski definition) is 0. The van der Waals surface area contributed by atoms with Gasteiger partial charge < -0.3 is 9.64 Å². The van der Waals surface area contributed by atoms with Crippen molar-refractivity contribution in [3.63, 3.8) is 0 Å². The molecular weight excluding hydrogens is 643 g/mol. The highest BCUT2D eigenvalue weighted by Crippen LogP contribution is 2.64. The van der Waals surface area contributed by atoms with Crippen LogP contribution in [0.25, 0.3) is 38.7 Å². The first kappa shape index (κ1) is 31.1. The summed E-state index contributed by atoms with van der Waals surface area (Å²) in [4.78, 5) is 2.38. The molecule has 0 unspecified atom stereocenters. The average Bonchev–Trinajstić information content (AvgIpc) is 3.50. The molecule has 0 radical (unpaired) electrons. The van der Waals surface area contributed by atoms with Crippen LogP contribution in [0.1, 0.15) is 40.7 Å². The zero-order chi connectivity index (χ0) is 35.4. The number of allylic oxidation sites excluding steroid dienone is 2. The van der Waals surface area contributed by atoms with Crippen LogP contribution in [-0.4, -0.2) is 0 Å². The molecule has 8 aromatic rings. The van der Waals surface area contributed by atoms with E-state index in [1.165, 1.54) is 49.7 Å². The highest BCUT2D eigenvalue weighted by molar-refractivity contribution is 6.00. The fourth-order valence-corrected chi connectivity index (χ4v) is 8.72. The molecule has 10 rings (SSSR count). The Hall–Kier alpha value is -6.64. The number of nitrogens with zero attached hydrogens (tertiary/aromatic N) is 1. The first-order valence-electron chi connectivity index (χ1n) is 18.4. The van der Waals surface area contributed by atoms with E-state index >= 15 is 0 Å². The molecule has 0 amide bonds. The van der Waals surface area contributed by atoms with Gasteiger partial charge in [0.1, 0.15) is 11.5 Å². The third-order valence-electron chi connectivity index (χ3n) is 11.1. The van der Waals surface area contributed by atoms with Gasteiger partial charge in [-0.2, -0.15) is 0 Å². The summed E-state index contributed by atoms with van der Waals surface area (Å²) in [6.45, 7) is 3.86. The lowest BCUT2D eigenvalue weighted by Crippen LogP contribution is -2.32. The predicted octanol–water partition coefficient (Wildman–Crippen LogP) is 13.9. The predicted molar refractivity (Wildman–Crippen MR) is 222 cm³/mol. The van der Waals surface area contributed by atoms with Gasteiger partial charge in [-0.3, -0.25) is 0 Å². The molecular formula is C51H37NO. The molecule has 8 aromatic carbocycles. The largest absolute Gasteiger partial charge is 0.455 e. The molecule has 0 N–H and O–H groups in total. The van der Waals surface area contributed by atoms with Gasteiger partial charge in [0, 0.05) is 39.0 Å². The average molecular weight is 680 g/mol. The SMILES string of the molecule is C=CCC/C=C/c1ccc(N(c2ccccc2)c2ccc3c(c2)C2(c4ccccc4-3)c3ccc4ccccc4c3Oc3c2ccc2ccccc32)cc1. The minimum Gasteiger partial charge on any atom is -0.455 e. The topological polar surface area (TPSA) is 12.5 Å². The summed E-state index contributed by atoms with van der Waals surface area (Å²) >= 11 is 0. The number of fused-ring (bicyclic) bond motifs is 13. The van der Waals surface area contributed by atoms with E-state index in [0.717, 1.165) is 52.2 Å². The van der Waals surface area contributed by atoms with Crippen LogP contribution in [0, 0.1) is 0 Å². The second-order valence-electron chi connectivity index (χ2n) is 14.0. The lowest BCUT2D eigenvalue weighted by Gasteiger charge is -2.40. The Morgan fingerprint density at radius 1 is 0.491 bits per heavy atom. The Kier molecular flexibility index (Phi) is 7.37. The number of unbranched alkanes of at least 4 members (excludes halogenated alkanes) is 1. The van der Waals surface area contributed by atoms with Crippen LogP contribution < -0.4 is 9.64 Å². The highest BCUT2D eigenvalue weighted by Gasteiger charge is 2.52. The van der Waals surface area contributed by atoms with Crippen molar-refractivity contribution in [2.45, 2.75) is 18.3 Å². The molecule has 0 saturated heterocycles. The van der Waals surface area contributed by atoms with Gasteiger partial charge in [-0.05, 0) is 87.8 Å². The minimum absolute atomic E-state index is 0.610. The summed E-state index contributed by atoms with van der Waals surface area (Å²) in [6, 6.07) is 62.0. The standard InChI is InChI=1S/C51H37NO/c1-2-3-4-6-15-35-24-28-39(29-25-35)52(38-18-7-5-8-19-38)40-30-31-44-43-22-13-14-23-45(43)51(48(44)34-40)46-32-26-36-16-9-11-20-41(36)49(46)53-50-42-21-12-10-17-37(42)27-33-47(50)51/h2,5-34H,1,3-4H2/b15-6+. The molecule has 2 nitrogen and oxygen atoms in total.